The molecule has 1 aromatic carbocycles. The van der Waals surface area contributed by atoms with Gasteiger partial charge in [0.05, 0.1) is 5.92 Å². The molecule has 1 aromatic rings. The number of aryl methyl sites for hydroxylation is 1. The highest BCUT2D eigenvalue weighted by Gasteiger charge is 2.13. The van der Waals surface area contributed by atoms with E-state index in [1.165, 1.54) is 69.8 Å². The van der Waals surface area contributed by atoms with Crippen molar-refractivity contribution in [3.63, 3.8) is 0 Å². The summed E-state index contributed by atoms with van der Waals surface area (Å²) in [7, 11) is 2.05. The van der Waals surface area contributed by atoms with Crippen molar-refractivity contribution in [3.8, 4) is 0 Å². The fourth-order valence-electron chi connectivity index (χ4n) is 3.67. The predicted octanol–water partition coefficient (Wildman–Crippen LogP) is 5.58. The van der Waals surface area contributed by atoms with Crippen molar-refractivity contribution in [1.82, 2.24) is 10.2 Å². The van der Waals surface area contributed by atoms with Gasteiger partial charge in [-0.2, -0.15) is 0 Å². The largest absolute Gasteiger partial charge is 0.463 e. The van der Waals surface area contributed by atoms with Crippen LogP contribution in [0.25, 0.3) is 0 Å². The molecule has 1 amide bonds. The van der Waals surface area contributed by atoms with Gasteiger partial charge in [-0.25, -0.2) is 4.79 Å². The molecule has 2 N–H and O–H groups in total. The second kappa shape index (κ2) is 22.8. The minimum absolute atomic E-state index is 0. The van der Waals surface area contributed by atoms with E-state index >= 15 is 0 Å². The van der Waals surface area contributed by atoms with Crippen LogP contribution in [0.3, 0.4) is 0 Å². The number of rotatable bonds is 20. The average molecular weight is 621 g/mol. The van der Waals surface area contributed by atoms with Crippen molar-refractivity contribution in [3.05, 3.63) is 35.9 Å². The van der Waals surface area contributed by atoms with Crippen LogP contribution in [-0.4, -0.2) is 68.1 Å². The second-order valence-corrected chi connectivity index (χ2v) is 9.68. The summed E-state index contributed by atoms with van der Waals surface area (Å²) in [4.78, 5) is 25.3. The maximum atomic E-state index is 11.7. The predicted molar refractivity (Wildman–Crippen MR) is 156 cm³/mol. The van der Waals surface area contributed by atoms with Gasteiger partial charge >= 0.3 is 12.1 Å². The van der Waals surface area contributed by atoms with Gasteiger partial charge in [0, 0.05) is 13.1 Å². The number of esters is 1. The van der Waals surface area contributed by atoms with Crippen molar-refractivity contribution in [2.75, 3.05) is 39.9 Å². The van der Waals surface area contributed by atoms with Gasteiger partial charge in [0.15, 0.2) is 0 Å². The summed E-state index contributed by atoms with van der Waals surface area (Å²) in [6, 6.07) is 10.7. The Morgan fingerprint density at radius 2 is 1.42 bits per heavy atom. The molecule has 0 aliphatic carbocycles. The zero-order chi connectivity index (χ0) is 25.7. The lowest BCUT2D eigenvalue weighted by Crippen LogP contribution is -2.35. The molecule has 0 bridgehead atoms. The molecule has 208 valence electrons. The number of carbonyl (C=O) groups is 2. The Bertz CT molecular complexity index is 675. The molecular weight excluding hydrogens is 571 g/mol. The molecule has 0 fully saturated rings. The first-order valence-electron chi connectivity index (χ1n) is 13.4. The zero-order valence-corrected chi connectivity index (χ0v) is 24.9. The standard InChI is InChI=1S/C28H48N2O5.HI/c1-24(2)27(32)34-22-26(31)23-35-28(33)29-19-21-30(3)20-15-10-8-6-4-5-7-9-12-16-25-17-13-11-14-18-25;/h11,13-14,17-18,24,26,31H,4-10,12,15-16,19-23H2,1-3H3,(H,29,33);1H. The molecule has 0 spiro atoms. The van der Waals surface area contributed by atoms with Crippen LogP contribution in [0.4, 0.5) is 4.79 Å². The summed E-state index contributed by atoms with van der Waals surface area (Å²) >= 11 is 0. The molecule has 8 heteroatoms. The first-order valence-corrected chi connectivity index (χ1v) is 13.4. The molecule has 0 heterocycles. The Morgan fingerprint density at radius 3 is 2.03 bits per heavy atom. The van der Waals surface area contributed by atoms with Gasteiger partial charge in [0.1, 0.15) is 19.3 Å². The Labute approximate surface area is 235 Å². The van der Waals surface area contributed by atoms with Crippen LogP contribution >= 0.6 is 24.0 Å². The lowest BCUT2D eigenvalue weighted by atomic mass is 10.0. The van der Waals surface area contributed by atoms with E-state index in [4.69, 9.17) is 9.47 Å². The first kappa shape index (κ1) is 34.6. The molecule has 0 saturated heterocycles. The van der Waals surface area contributed by atoms with Crippen LogP contribution in [0.15, 0.2) is 30.3 Å². The number of amides is 1. The highest BCUT2D eigenvalue weighted by Crippen LogP contribution is 2.12. The molecule has 36 heavy (non-hydrogen) atoms. The number of aliphatic hydroxyl groups is 1. The van der Waals surface area contributed by atoms with Crippen molar-refractivity contribution in [2.24, 2.45) is 5.92 Å². The number of carbonyl (C=O) groups excluding carboxylic acids is 2. The summed E-state index contributed by atoms with van der Waals surface area (Å²) in [6.07, 6.45) is 11.3. The topological polar surface area (TPSA) is 88.1 Å². The quantitative estimate of drug-likeness (QED) is 0.113. The number of nitrogens with zero attached hydrogens (tertiary/aromatic N) is 1. The molecule has 1 rings (SSSR count). The van der Waals surface area contributed by atoms with Gasteiger partial charge in [0.25, 0.3) is 0 Å². The Kier molecular flexibility index (Phi) is 21.9. The molecule has 0 aliphatic heterocycles. The molecule has 1 unspecified atom stereocenters. The minimum atomic E-state index is -1.02. The highest BCUT2D eigenvalue weighted by molar-refractivity contribution is 14.0. The van der Waals surface area contributed by atoms with Gasteiger partial charge in [-0.1, -0.05) is 89.1 Å². The first-order chi connectivity index (χ1) is 16.9. The minimum Gasteiger partial charge on any atom is -0.463 e. The van der Waals surface area contributed by atoms with Crippen molar-refractivity contribution < 1.29 is 24.2 Å². The average Bonchev–Trinajstić information content (AvgIpc) is 2.85. The Balaban J connectivity index is 0.0000122. The lowest BCUT2D eigenvalue weighted by Gasteiger charge is -2.17. The van der Waals surface area contributed by atoms with E-state index in [0.29, 0.717) is 6.54 Å². The number of benzene rings is 1. The van der Waals surface area contributed by atoms with Crippen molar-refractivity contribution in [1.29, 1.82) is 0 Å². The molecule has 0 radical (unpaired) electrons. The van der Waals surface area contributed by atoms with Gasteiger partial charge in [-0.05, 0) is 38.4 Å². The lowest BCUT2D eigenvalue weighted by molar-refractivity contribution is -0.150. The summed E-state index contributed by atoms with van der Waals surface area (Å²) in [5.41, 5.74) is 1.45. The number of likely N-dealkylation sites (N-methyl/N-ethyl adjacent to an activating group) is 1. The maximum absolute atomic E-state index is 11.7. The van der Waals surface area contributed by atoms with Gasteiger partial charge in [0.2, 0.25) is 0 Å². The summed E-state index contributed by atoms with van der Waals surface area (Å²) in [5, 5.41) is 12.4. The molecule has 0 aliphatic rings. The van der Waals surface area contributed by atoms with E-state index < -0.39 is 12.2 Å². The number of alkyl carbamates (subject to hydrolysis) is 1. The van der Waals surface area contributed by atoms with Crippen molar-refractivity contribution in [2.45, 2.75) is 84.2 Å². The second-order valence-electron chi connectivity index (χ2n) is 9.68. The third-order valence-electron chi connectivity index (χ3n) is 5.91. The molecule has 0 saturated carbocycles. The third-order valence-corrected chi connectivity index (χ3v) is 5.91. The summed E-state index contributed by atoms with van der Waals surface area (Å²) in [6.45, 7) is 5.28. The Hall–Kier alpha value is -1.39. The zero-order valence-electron chi connectivity index (χ0n) is 22.6. The number of hydrogen-bond donors (Lipinski definition) is 2. The number of halogens is 1. The molecular formula is C28H49IN2O5. The number of hydrogen-bond acceptors (Lipinski definition) is 6. The van der Waals surface area contributed by atoms with Crippen LogP contribution < -0.4 is 5.32 Å². The smallest absolute Gasteiger partial charge is 0.407 e. The van der Waals surface area contributed by atoms with E-state index in [9.17, 15) is 14.7 Å². The van der Waals surface area contributed by atoms with Crippen LogP contribution in [0.1, 0.15) is 77.2 Å². The van der Waals surface area contributed by atoms with E-state index in [1.54, 1.807) is 13.8 Å². The molecule has 1 atom stereocenters. The van der Waals surface area contributed by atoms with Gasteiger partial charge < -0.3 is 24.8 Å². The summed E-state index contributed by atoms with van der Waals surface area (Å²) in [5.74, 6) is -0.643. The highest BCUT2D eigenvalue weighted by atomic mass is 127. The van der Waals surface area contributed by atoms with E-state index in [1.807, 2.05) is 0 Å². The number of aliphatic hydroxyl groups excluding tert-OH is 1. The fourth-order valence-corrected chi connectivity index (χ4v) is 3.67. The van der Waals surface area contributed by atoms with E-state index in [-0.39, 0.29) is 49.1 Å². The third kappa shape index (κ3) is 19.8. The number of unbranched alkanes of at least 4 members (excludes halogenated alkanes) is 8. The van der Waals surface area contributed by atoms with Gasteiger partial charge in [-0.3, -0.25) is 4.79 Å². The maximum Gasteiger partial charge on any atom is 0.407 e. The fraction of sp³-hybridized carbons (Fsp3) is 0.714. The number of nitrogens with one attached hydrogen (secondary N) is 1. The molecule has 7 nitrogen and oxygen atoms in total. The van der Waals surface area contributed by atoms with E-state index in [0.717, 1.165) is 13.1 Å². The normalized spacial score (nSPS) is 11.7. The van der Waals surface area contributed by atoms with E-state index in [2.05, 4.69) is 47.6 Å². The Morgan fingerprint density at radius 1 is 0.861 bits per heavy atom. The molecule has 0 aromatic heterocycles. The monoisotopic (exact) mass is 620 g/mol. The van der Waals surface area contributed by atoms with Gasteiger partial charge in [-0.15, -0.1) is 24.0 Å². The van der Waals surface area contributed by atoms with Crippen LogP contribution in [0, 0.1) is 5.92 Å². The van der Waals surface area contributed by atoms with Crippen molar-refractivity contribution >= 4 is 36.0 Å². The summed E-state index contributed by atoms with van der Waals surface area (Å²) < 4.78 is 9.86. The number of ether oxygens (including phenoxy) is 2. The van der Waals surface area contributed by atoms with Crippen LogP contribution in [-0.2, 0) is 20.7 Å². The van der Waals surface area contributed by atoms with Crippen LogP contribution in [0.5, 0.6) is 0 Å². The SMILES string of the molecule is CC(C)C(=O)OCC(O)COC(=O)NCCN(C)CCCCCCCCCCCc1ccccc1.I. The van der Waals surface area contributed by atoms with Crippen LogP contribution in [0.2, 0.25) is 0 Å².